The number of hydrogen-bond donors (Lipinski definition) is 1. The number of ketones is 2. The van der Waals surface area contributed by atoms with Crippen LogP contribution in [0.5, 0.6) is 0 Å². The molecule has 1 amide bonds. The van der Waals surface area contributed by atoms with Gasteiger partial charge in [-0.3, -0.25) is 14.4 Å². The van der Waals surface area contributed by atoms with E-state index in [1.54, 1.807) is 6.08 Å². The maximum Gasteiger partial charge on any atom is 0.321 e. The summed E-state index contributed by atoms with van der Waals surface area (Å²) in [5.74, 6) is -5.62. The monoisotopic (exact) mass is 554 g/mol. The molecule has 0 spiro atoms. The molecule has 0 aromatic carbocycles. The summed E-state index contributed by atoms with van der Waals surface area (Å²) in [5, 5.41) is 12.7. The van der Waals surface area contributed by atoms with Crippen molar-refractivity contribution in [2.75, 3.05) is 0 Å². The first-order chi connectivity index (χ1) is 18.2. The number of nitrogens with zero attached hydrogens (tertiary/aromatic N) is 1. The highest BCUT2D eigenvalue weighted by atomic mass is 19.3. The Labute approximate surface area is 237 Å². The molecule has 5 aliphatic rings. The maximum atomic E-state index is 14.4. The van der Waals surface area contributed by atoms with Gasteiger partial charge in [0.1, 0.15) is 6.07 Å². The Bertz CT molecular complexity index is 1300. The summed E-state index contributed by atoms with van der Waals surface area (Å²) in [5.41, 5.74) is -1.98. The zero-order chi connectivity index (χ0) is 29.9. The van der Waals surface area contributed by atoms with Crippen LogP contribution in [0.1, 0.15) is 100 Å². The summed E-state index contributed by atoms with van der Waals surface area (Å²) in [6.07, 6.45) is 8.42. The van der Waals surface area contributed by atoms with Crippen LogP contribution >= 0.6 is 0 Å². The van der Waals surface area contributed by atoms with Crippen molar-refractivity contribution in [1.29, 1.82) is 5.26 Å². The number of nitriles is 1. The summed E-state index contributed by atoms with van der Waals surface area (Å²) in [7, 11) is 0. The lowest BCUT2D eigenvalue weighted by Crippen LogP contribution is -2.70. The van der Waals surface area contributed by atoms with Crippen LogP contribution in [0.2, 0.25) is 0 Å². The minimum absolute atomic E-state index is 0.0113. The molecule has 1 N–H and O–H groups in total. The highest BCUT2D eigenvalue weighted by Gasteiger charge is 2.70. The molecule has 0 radical (unpaired) electrons. The molecule has 3 saturated carbocycles. The fraction of sp³-hybridized carbons (Fsp3) is 0.758. The SMILES string of the molecule is CC1(C)CC[C@]2(NC(=O)C(C)(F)F)CC[C@@]3(C)[C@@H](C(=O)C=C4[C@@]5(C)C=C(C#N)C(=O)C(C)(C)[C@H]5CC[C@]43C)[C@@H]2C1. The van der Waals surface area contributed by atoms with Gasteiger partial charge in [0.2, 0.25) is 0 Å². The molecule has 7 heteroatoms. The van der Waals surface area contributed by atoms with Gasteiger partial charge in [-0.05, 0) is 79.1 Å². The van der Waals surface area contributed by atoms with Gasteiger partial charge in [0.25, 0.3) is 5.91 Å². The van der Waals surface area contributed by atoms with E-state index in [9.17, 15) is 28.4 Å². The lowest BCUT2D eigenvalue weighted by atomic mass is 9.35. The van der Waals surface area contributed by atoms with E-state index in [1.807, 2.05) is 19.9 Å². The Hall–Kier alpha value is -2.36. The van der Waals surface area contributed by atoms with E-state index in [0.29, 0.717) is 32.6 Å². The van der Waals surface area contributed by atoms with Crippen molar-refractivity contribution in [1.82, 2.24) is 5.32 Å². The van der Waals surface area contributed by atoms with Gasteiger partial charge in [-0.2, -0.15) is 14.0 Å². The minimum atomic E-state index is -3.49. The van der Waals surface area contributed by atoms with Crippen molar-refractivity contribution >= 4 is 17.5 Å². The Morgan fingerprint density at radius 1 is 1.02 bits per heavy atom. The van der Waals surface area contributed by atoms with Gasteiger partial charge < -0.3 is 5.32 Å². The van der Waals surface area contributed by atoms with Crippen molar-refractivity contribution in [2.24, 2.45) is 44.8 Å². The number of Topliss-reactive ketones (excluding diaryl/α,β-unsaturated/α-hetero) is 1. The first-order valence-electron chi connectivity index (χ1n) is 14.8. The van der Waals surface area contributed by atoms with E-state index in [2.05, 4.69) is 46.0 Å². The Kier molecular flexibility index (Phi) is 6.09. The average Bonchev–Trinajstić information content (AvgIpc) is 2.83. The predicted molar refractivity (Wildman–Crippen MR) is 148 cm³/mol. The van der Waals surface area contributed by atoms with Crippen molar-refractivity contribution in [3.05, 3.63) is 23.3 Å². The molecule has 0 bridgehead atoms. The summed E-state index contributed by atoms with van der Waals surface area (Å²) >= 11 is 0. The van der Waals surface area contributed by atoms with Crippen LogP contribution in [0.3, 0.4) is 0 Å². The second-order valence-electron chi connectivity index (χ2n) is 15.8. The number of nitrogens with one attached hydrogen (secondary N) is 1. The van der Waals surface area contributed by atoms with Crippen LogP contribution in [0, 0.1) is 56.2 Å². The normalized spacial score (nSPS) is 43.6. The number of rotatable bonds is 2. The second-order valence-corrected chi connectivity index (χ2v) is 15.8. The van der Waals surface area contributed by atoms with Crippen LogP contribution in [-0.2, 0) is 14.4 Å². The molecule has 3 fully saturated rings. The first-order valence-corrected chi connectivity index (χ1v) is 14.8. The highest BCUT2D eigenvalue weighted by Crippen LogP contribution is 2.73. The quantitative estimate of drug-likeness (QED) is 0.410. The third kappa shape index (κ3) is 3.69. The Morgan fingerprint density at radius 3 is 2.25 bits per heavy atom. The molecule has 0 aromatic rings. The minimum Gasteiger partial charge on any atom is -0.345 e. The summed E-state index contributed by atoms with van der Waals surface area (Å²) in [4.78, 5) is 40.3. The number of carbonyl (C=O) groups excluding carboxylic acids is 3. The van der Waals surface area contributed by atoms with Crippen LogP contribution in [-0.4, -0.2) is 28.9 Å². The molecular weight excluding hydrogens is 510 g/mol. The van der Waals surface area contributed by atoms with E-state index in [-0.39, 0.29) is 34.4 Å². The van der Waals surface area contributed by atoms with Gasteiger partial charge in [0.05, 0.1) is 5.57 Å². The first kappa shape index (κ1) is 29.1. The molecule has 5 aliphatic carbocycles. The molecular formula is C33H44F2N2O3. The molecule has 0 aromatic heterocycles. The van der Waals surface area contributed by atoms with Crippen molar-refractivity contribution in [2.45, 2.75) is 112 Å². The number of hydrogen-bond acceptors (Lipinski definition) is 4. The predicted octanol–water partition coefficient (Wildman–Crippen LogP) is 6.73. The highest BCUT2D eigenvalue weighted by molar-refractivity contribution is 6.04. The summed E-state index contributed by atoms with van der Waals surface area (Å²) in [6, 6.07) is 2.13. The number of amides is 1. The van der Waals surface area contributed by atoms with Crippen LogP contribution in [0.15, 0.2) is 23.3 Å². The fourth-order valence-electron chi connectivity index (χ4n) is 10.2. The van der Waals surface area contributed by atoms with Gasteiger partial charge in [0, 0.05) is 29.2 Å². The van der Waals surface area contributed by atoms with E-state index >= 15 is 0 Å². The third-order valence-corrected chi connectivity index (χ3v) is 12.6. The van der Waals surface area contributed by atoms with E-state index in [0.717, 1.165) is 24.8 Å². The number of allylic oxidation sites excluding steroid dienone is 4. The van der Waals surface area contributed by atoms with Gasteiger partial charge in [-0.1, -0.05) is 60.1 Å². The van der Waals surface area contributed by atoms with E-state index < -0.39 is 44.9 Å². The number of alkyl halides is 2. The van der Waals surface area contributed by atoms with Crippen molar-refractivity contribution < 1.29 is 23.2 Å². The Morgan fingerprint density at radius 2 is 1.65 bits per heavy atom. The molecule has 5 nitrogen and oxygen atoms in total. The maximum absolute atomic E-state index is 14.4. The smallest absolute Gasteiger partial charge is 0.321 e. The number of carbonyl (C=O) groups is 3. The summed E-state index contributed by atoms with van der Waals surface area (Å²) in [6.45, 7) is 15.3. The third-order valence-electron chi connectivity index (χ3n) is 12.6. The molecule has 0 unspecified atom stereocenters. The molecule has 7 atom stereocenters. The van der Waals surface area contributed by atoms with Crippen molar-refractivity contribution in [3.63, 3.8) is 0 Å². The zero-order valence-electron chi connectivity index (χ0n) is 25.3. The van der Waals surface area contributed by atoms with Crippen LogP contribution in [0.4, 0.5) is 8.78 Å². The van der Waals surface area contributed by atoms with Crippen LogP contribution in [0.25, 0.3) is 0 Å². The Balaban J connectivity index is 1.67. The molecule has 0 saturated heterocycles. The zero-order valence-corrected chi connectivity index (χ0v) is 25.3. The van der Waals surface area contributed by atoms with Gasteiger partial charge in [-0.15, -0.1) is 0 Å². The topological polar surface area (TPSA) is 87.0 Å². The lowest BCUT2D eigenvalue weighted by molar-refractivity contribution is -0.168. The molecule has 0 heterocycles. The van der Waals surface area contributed by atoms with Crippen molar-refractivity contribution in [3.8, 4) is 6.07 Å². The largest absolute Gasteiger partial charge is 0.345 e. The number of fused-ring (bicyclic) bond motifs is 7. The average molecular weight is 555 g/mol. The van der Waals surface area contributed by atoms with Crippen LogP contribution < -0.4 is 5.32 Å². The standard InChI is InChI=1S/C33H44F2N2O3/c1-27(2)11-13-33(37-26(40)32(8,34)35)14-12-31(7)24(20(33)17-27)21(38)15-23-29(5)16-19(18-36)25(39)28(3,4)22(29)9-10-30(23,31)6/h15-16,20,22,24H,9-14,17H2,1-8H3,(H,37,40)/t20-,22+,24+,29-,30+,31-,33-/m0/s1. The number of halogens is 2. The molecule has 40 heavy (non-hydrogen) atoms. The fourth-order valence-corrected chi connectivity index (χ4v) is 10.2. The lowest BCUT2D eigenvalue weighted by Gasteiger charge is -2.69. The molecule has 218 valence electrons. The van der Waals surface area contributed by atoms with Gasteiger partial charge >= 0.3 is 5.92 Å². The second kappa shape index (κ2) is 8.35. The summed E-state index contributed by atoms with van der Waals surface area (Å²) < 4.78 is 28.3. The molecule has 5 rings (SSSR count). The van der Waals surface area contributed by atoms with Gasteiger partial charge in [-0.25, -0.2) is 0 Å². The van der Waals surface area contributed by atoms with E-state index in [1.165, 1.54) is 0 Å². The van der Waals surface area contributed by atoms with E-state index in [4.69, 9.17) is 0 Å². The van der Waals surface area contributed by atoms with Gasteiger partial charge in [0.15, 0.2) is 11.6 Å². The molecule has 0 aliphatic heterocycles.